The van der Waals surface area contributed by atoms with E-state index >= 15 is 0 Å². The van der Waals surface area contributed by atoms with Gasteiger partial charge in [0.1, 0.15) is 5.78 Å². The van der Waals surface area contributed by atoms with E-state index in [1.54, 1.807) is 6.92 Å². The van der Waals surface area contributed by atoms with E-state index in [2.05, 4.69) is 6.92 Å². The third-order valence-corrected chi connectivity index (χ3v) is 2.94. The van der Waals surface area contributed by atoms with Crippen LogP contribution in [0.5, 0.6) is 0 Å². The van der Waals surface area contributed by atoms with Crippen LogP contribution in [0.25, 0.3) is 0 Å². The van der Waals surface area contributed by atoms with Gasteiger partial charge in [0.15, 0.2) is 0 Å². The Hall–Kier alpha value is -0.330. The molecule has 0 aromatic rings. The monoisotopic (exact) mass is 154 g/mol. The van der Waals surface area contributed by atoms with E-state index in [-0.39, 0.29) is 0 Å². The first-order valence-electron chi connectivity index (χ1n) is 4.74. The second-order valence-corrected chi connectivity index (χ2v) is 3.75. The zero-order valence-electron chi connectivity index (χ0n) is 7.60. The summed E-state index contributed by atoms with van der Waals surface area (Å²) in [4.78, 5) is 11.1. The fourth-order valence-corrected chi connectivity index (χ4v) is 2.03. The Morgan fingerprint density at radius 1 is 1.45 bits per heavy atom. The normalized spacial score (nSPS) is 31.8. The molecule has 0 radical (unpaired) electrons. The van der Waals surface area contributed by atoms with Gasteiger partial charge in [-0.05, 0) is 25.7 Å². The van der Waals surface area contributed by atoms with Crippen LogP contribution < -0.4 is 0 Å². The Bertz CT molecular complexity index is 140. The number of carbonyl (C=O) groups is 1. The predicted molar refractivity (Wildman–Crippen MR) is 46.4 cm³/mol. The number of ketones is 1. The summed E-state index contributed by atoms with van der Waals surface area (Å²) in [6, 6.07) is 0. The maximum atomic E-state index is 11.1. The van der Waals surface area contributed by atoms with Crippen LogP contribution in [0.15, 0.2) is 0 Å². The average molecular weight is 154 g/mol. The maximum Gasteiger partial charge on any atom is 0.132 e. The highest BCUT2D eigenvalue weighted by molar-refractivity contribution is 5.78. The van der Waals surface area contributed by atoms with E-state index in [9.17, 15) is 4.79 Å². The Kier molecular flexibility index (Phi) is 3.10. The summed E-state index contributed by atoms with van der Waals surface area (Å²) < 4.78 is 0. The minimum Gasteiger partial charge on any atom is -0.300 e. The molecule has 0 aromatic heterocycles. The van der Waals surface area contributed by atoms with Gasteiger partial charge in [0.25, 0.3) is 0 Å². The van der Waals surface area contributed by atoms with Crippen LogP contribution >= 0.6 is 0 Å². The Morgan fingerprint density at radius 2 is 2.18 bits per heavy atom. The molecule has 0 aromatic carbocycles. The molecule has 64 valence electrons. The summed E-state index contributed by atoms with van der Waals surface area (Å²) in [5.41, 5.74) is 0. The number of hydrogen-bond donors (Lipinski definition) is 0. The predicted octanol–water partition coefficient (Wildman–Crippen LogP) is 2.79. The summed E-state index contributed by atoms with van der Waals surface area (Å²) in [6.45, 7) is 3.97. The molecule has 1 aliphatic carbocycles. The lowest BCUT2D eigenvalue weighted by molar-refractivity contribution is -0.122. The Balaban J connectivity index is 2.39. The SMILES string of the molecule is CCC1CCCC(C(C)=O)C1. The Labute approximate surface area is 69.2 Å². The summed E-state index contributed by atoms with van der Waals surface area (Å²) >= 11 is 0. The third kappa shape index (κ3) is 2.32. The van der Waals surface area contributed by atoms with Gasteiger partial charge in [0, 0.05) is 5.92 Å². The minimum atomic E-state index is 0.397. The van der Waals surface area contributed by atoms with E-state index in [0.717, 1.165) is 18.8 Å². The van der Waals surface area contributed by atoms with Crippen molar-refractivity contribution in [1.29, 1.82) is 0 Å². The molecule has 2 atom stereocenters. The smallest absolute Gasteiger partial charge is 0.132 e. The summed E-state index contributed by atoms with van der Waals surface area (Å²) in [5.74, 6) is 1.63. The van der Waals surface area contributed by atoms with Crippen molar-refractivity contribution in [1.82, 2.24) is 0 Å². The van der Waals surface area contributed by atoms with Gasteiger partial charge in [-0.3, -0.25) is 4.79 Å². The fourth-order valence-electron chi connectivity index (χ4n) is 2.03. The van der Waals surface area contributed by atoms with Crippen molar-refractivity contribution < 1.29 is 4.79 Å². The van der Waals surface area contributed by atoms with Gasteiger partial charge in [0.2, 0.25) is 0 Å². The topological polar surface area (TPSA) is 17.1 Å². The van der Waals surface area contributed by atoms with E-state index < -0.39 is 0 Å². The van der Waals surface area contributed by atoms with Gasteiger partial charge < -0.3 is 0 Å². The second kappa shape index (κ2) is 3.89. The molecular formula is C10H18O. The van der Waals surface area contributed by atoms with Crippen molar-refractivity contribution in [3.05, 3.63) is 0 Å². The molecule has 1 aliphatic rings. The number of Topliss-reactive ketones (excluding diaryl/α,β-unsaturated/α-hetero) is 1. The molecule has 0 N–H and O–H groups in total. The molecule has 1 fully saturated rings. The van der Waals surface area contributed by atoms with E-state index in [1.165, 1.54) is 19.3 Å². The van der Waals surface area contributed by atoms with Crippen LogP contribution in [0.4, 0.5) is 0 Å². The van der Waals surface area contributed by atoms with Crippen LogP contribution in [0.2, 0.25) is 0 Å². The lowest BCUT2D eigenvalue weighted by atomic mass is 9.79. The average Bonchev–Trinajstić information content (AvgIpc) is 2.05. The van der Waals surface area contributed by atoms with Crippen molar-refractivity contribution in [2.75, 3.05) is 0 Å². The van der Waals surface area contributed by atoms with E-state index in [0.29, 0.717) is 11.7 Å². The van der Waals surface area contributed by atoms with Crippen molar-refractivity contribution >= 4 is 5.78 Å². The molecule has 2 unspecified atom stereocenters. The lowest BCUT2D eigenvalue weighted by Crippen LogP contribution is -2.20. The molecular weight excluding hydrogens is 136 g/mol. The van der Waals surface area contributed by atoms with Gasteiger partial charge in [0.05, 0.1) is 0 Å². The summed E-state index contributed by atoms with van der Waals surface area (Å²) in [7, 11) is 0. The molecule has 1 nitrogen and oxygen atoms in total. The van der Waals surface area contributed by atoms with Crippen LogP contribution in [0, 0.1) is 11.8 Å². The first-order chi connectivity index (χ1) is 5.24. The molecule has 0 spiro atoms. The first kappa shape index (κ1) is 8.76. The fraction of sp³-hybridized carbons (Fsp3) is 0.900. The third-order valence-electron chi connectivity index (χ3n) is 2.94. The van der Waals surface area contributed by atoms with Crippen molar-refractivity contribution in [2.24, 2.45) is 11.8 Å². The summed E-state index contributed by atoms with van der Waals surface area (Å²) in [6.07, 6.45) is 6.17. The number of carbonyl (C=O) groups excluding carboxylic acids is 1. The molecule has 0 aliphatic heterocycles. The zero-order valence-corrected chi connectivity index (χ0v) is 7.60. The molecule has 1 rings (SSSR count). The molecule has 1 saturated carbocycles. The highest BCUT2D eigenvalue weighted by Gasteiger charge is 2.23. The quantitative estimate of drug-likeness (QED) is 0.597. The molecule has 0 amide bonds. The second-order valence-electron chi connectivity index (χ2n) is 3.75. The highest BCUT2D eigenvalue weighted by atomic mass is 16.1. The van der Waals surface area contributed by atoms with Crippen LogP contribution in [-0.2, 0) is 4.79 Å². The highest BCUT2D eigenvalue weighted by Crippen LogP contribution is 2.31. The molecule has 0 heterocycles. The number of hydrogen-bond acceptors (Lipinski definition) is 1. The van der Waals surface area contributed by atoms with Crippen molar-refractivity contribution in [3.8, 4) is 0 Å². The Morgan fingerprint density at radius 3 is 2.73 bits per heavy atom. The van der Waals surface area contributed by atoms with Crippen LogP contribution in [-0.4, -0.2) is 5.78 Å². The van der Waals surface area contributed by atoms with Gasteiger partial charge in [-0.25, -0.2) is 0 Å². The zero-order chi connectivity index (χ0) is 8.27. The number of rotatable bonds is 2. The maximum absolute atomic E-state index is 11.1. The van der Waals surface area contributed by atoms with Gasteiger partial charge in [-0.2, -0.15) is 0 Å². The largest absolute Gasteiger partial charge is 0.300 e. The van der Waals surface area contributed by atoms with Gasteiger partial charge in [-0.1, -0.05) is 26.2 Å². The van der Waals surface area contributed by atoms with Crippen LogP contribution in [0.3, 0.4) is 0 Å². The van der Waals surface area contributed by atoms with Crippen LogP contribution in [0.1, 0.15) is 46.0 Å². The molecule has 1 heteroatoms. The molecule has 0 bridgehead atoms. The first-order valence-corrected chi connectivity index (χ1v) is 4.74. The van der Waals surface area contributed by atoms with Gasteiger partial charge >= 0.3 is 0 Å². The molecule has 11 heavy (non-hydrogen) atoms. The lowest BCUT2D eigenvalue weighted by Gasteiger charge is -2.26. The molecule has 0 saturated heterocycles. The van der Waals surface area contributed by atoms with Gasteiger partial charge in [-0.15, -0.1) is 0 Å². The standard InChI is InChI=1S/C10H18O/c1-3-9-5-4-6-10(7-9)8(2)11/h9-10H,3-7H2,1-2H3. The van der Waals surface area contributed by atoms with E-state index in [1.807, 2.05) is 0 Å². The minimum absolute atomic E-state index is 0.397. The van der Waals surface area contributed by atoms with Crippen molar-refractivity contribution in [2.45, 2.75) is 46.0 Å². The van der Waals surface area contributed by atoms with Crippen molar-refractivity contribution in [3.63, 3.8) is 0 Å². The summed E-state index contributed by atoms with van der Waals surface area (Å²) in [5, 5.41) is 0. The van der Waals surface area contributed by atoms with E-state index in [4.69, 9.17) is 0 Å².